The molecule has 15 heavy (non-hydrogen) atoms. The highest BCUT2D eigenvalue weighted by atomic mass is 16.5. The minimum atomic E-state index is 0.492. The van der Waals surface area contributed by atoms with Crippen LogP contribution in [0.5, 0.6) is 5.75 Å². The summed E-state index contributed by atoms with van der Waals surface area (Å²) in [4.78, 5) is 0. The van der Waals surface area contributed by atoms with Crippen molar-refractivity contribution < 1.29 is 4.74 Å². The van der Waals surface area contributed by atoms with E-state index in [4.69, 9.17) is 4.74 Å². The van der Waals surface area contributed by atoms with Gasteiger partial charge in [0.1, 0.15) is 5.75 Å². The van der Waals surface area contributed by atoms with Crippen LogP contribution in [0, 0.1) is 0 Å². The molecular weight excluding hydrogens is 186 g/mol. The lowest BCUT2D eigenvalue weighted by Crippen LogP contribution is -2.14. The van der Waals surface area contributed by atoms with Crippen molar-refractivity contribution in [2.45, 2.75) is 32.2 Å². The molecule has 0 amide bonds. The molecule has 0 aromatic heterocycles. The molecule has 2 rings (SSSR count). The second-order valence-corrected chi connectivity index (χ2v) is 4.08. The van der Waals surface area contributed by atoms with Gasteiger partial charge in [-0.2, -0.15) is 0 Å². The van der Waals surface area contributed by atoms with E-state index in [0.717, 1.165) is 18.7 Å². The Morgan fingerprint density at radius 1 is 1.47 bits per heavy atom. The second-order valence-electron chi connectivity index (χ2n) is 4.08. The number of nitrogens with one attached hydrogen (secondary N) is 1. The maximum Gasteiger partial charge on any atom is 0.123 e. The molecule has 1 aromatic carbocycles. The quantitative estimate of drug-likeness (QED) is 0.819. The average molecular weight is 205 g/mol. The van der Waals surface area contributed by atoms with E-state index in [1.165, 1.54) is 24.0 Å². The molecule has 1 aromatic rings. The summed E-state index contributed by atoms with van der Waals surface area (Å²) in [5.74, 6) is 1.02. The van der Waals surface area contributed by atoms with E-state index in [9.17, 15) is 0 Å². The van der Waals surface area contributed by atoms with Crippen LogP contribution in [0.25, 0.3) is 0 Å². The molecule has 1 N–H and O–H groups in total. The molecule has 0 bridgehead atoms. The van der Waals surface area contributed by atoms with Crippen molar-refractivity contribution in [1.29, 1.82) is 0 Å². The summed E-state index contributed by atoms with van der Waals surface area (Å²) in [6.07, 6.45) is 3.58. The normalized spacial score (nSPS) is 20.5. The smallest absolute Gasteiger partial charge is 0.123 e. The van der Waals surface area contributed by atoms with Crippen molar-refractivity contribution in [2.75, 3.05) is 13.7 Å². The van der Waals surface area contributed by atoms with Crippen molar-refractivity contribution in [1.82, 2.24) is 5.32 Å². The third kappa shape index (κ3) is 2.15. The molecule has 82 valence electrons. The number of ether oxygens (including phenoxy) is 1. The van der Waals surface area contributed by atoms with Crippen LogP contribution in [0.15, 0.2) is 18.2 Å². The summed E-state index contributed by atoms with van der Waals surface area (Å²) in [6.45, 7) is 3.32. The fraction of sp³-hybridized carbons (Fsp3) is 0.538. The zero-order chi connectivity index (χ0) is 10.7. The number of aryl methyl sites for hydroxylation is 1. The van der Waals surface area contributed by atoms with Crippen LogP contribution < -0.4 is 10.1 Å². The van der Waals surface area contributed by atoms with Gasteiger partial charge in [0.15, 0.2) is 0 Å². The summed E-state index contributed by atoms with van der Waals surface area (Å²) >= 11 is 0. The van der Waals surface area contributed by atoms with Crippen molar-refractivity contribution in [3.63, 3.8) is 0 Å². The van der Waals surface area contributed by atoms with Gasteiger partial charge >= 0.3 is 0 Å². The van der Waals surface area contributed by atoms with Gasteiger partial charge in [0.05, 0.1) is 7.11 Å². The maximum absolute atomic E-state index is 5.42. The van der Waals surface area contributed by atoms with Gasteiger partial charge < -0.3 is 10.1 Å². The molecule has 0 radical (unpaired) electrons. The number of rotatable bonds is 3. The summed E-state index contributed by atoms with van der Waals surface area (Å²) in [5.41, 5.74) is 2.72. The van der Waals surface area contributed by atoms with E-state index in [0.29, 0.717) is 6.04 Å². The Morgan fingerprint density at radius 3 is 2.93 bits per heavy atom. The topological polar surface area (TPSA) is 21.3 Å². The maximum atomic E-state index is 5.42. The first-order valence-corrected chi connectivity index (χ1v) is 5.75. The fourth-order valence-corrected chi connectivity index (χ4v) is 2.23. The van der Waals surface area contributed by atoms with E-state index in [1.54, 1.807) is 7.11 Å². The van der Waals surface area contributed by atoms with Crippen LogP contribution in [0.1, 0.15) is 36.9 Å². The van der Waals surface area contributed by atoms with Crippen molar-refractivity contribution in [3.05, 3.63) is 29.3 Å². The van der Waals surface area contributed by atoms with Crippen LogP contribution in [-0.4, -0.2) is 13.7 Å². The minimum absolute atomic E-state index is 0.492. The molecule has 0 aliphatic carbocycles. The molecule has 0 saturated carbocycles. The number of hydrogen-bond donors (Lipinski definition) is 1. The Balaban J connectivity index is 2.32. The van der Waals surface area contributed by atoms with Crippen LogP contribution >= 0.6 is 0 Å². The van der Waals surface area contributed by atoms with Gasteiger partial charge in [0.2, 0.25) is 0 Å². The molecule has 1 heterocycles. The number of methoxy groups -OCH3 is 1. The van der Waals surface area contributed by atoms with E-state index in [-0.39, 0.29) is 0 Å². The van der Waals surface area contributed by atoms with Crippen LogP contribution in [0.3, 0.4) is 0 Å². The molecular formula is C13H19NO. The summed E-state index contributed by atoms with van der Waals surface area (Å²) in [6, 6.07) is 7.01. The Bertz CT molecular complexity index is 329. The molecule has 0 spiro atoms. The lowest BCUT2D eigenvalue weighted by atomic mass is 10.0. The summed E-state index contributed by atoms with van der Waals surface area (Å²) in [5, 5.41) is 3.52. The predicted octanol–water partition coefficient (Wildman–Crippen LogP) is 2.68. The van der Waals surface area contributed by atoms with Gasteiger partial charge in [-0.05, 0) is 37.4 Å². The number of benzene rings is 1. The van der Waals surface area contributed by atoms with Crippen molar-refractivity contribution in [2.24, 2.45) is 0 Å². The SMILES string of the molecule is CCc1ccc(OC)c(C2CCCN2)c1. The van der Waals surface area contributed by atoms with Gasteiger partial charge in [0.25, 0.3) is 0 Å². The molecule has 1 unspecified atom stereocenters. The Kier molecular flexibility index (Phi) is 3.27. The fourth-order valence-electron chi connectivity index (χ4n) is 2.23. The zero-order valence-corrected chi connectivity index (χ0v) is 9.55. The first kappa shape index (κ1) is 10.5. The highest BCUT2D eigenvalue weighted by molar-refractivity contribution is 5.39. The Hall–Kier alpha value is -1.02. The second kappa shape index (κ2) is 4.67. The van der Waals surface area contributed by atoms with Gasteiger partial charge in [-0.25, -0.2) is 0 Å². The predicted molar refractivity (Wildman–Crippen MR) is 62.3 cm³/mol. The van der Waals surface area contributed by atoms with E-state index in [1.807, 2.05) is 0 Å². The van der Waals surface area contributed by atoms with Crippen molar-refractivity contribution in [3.8, 4) is 5.75 Å². The van der Waals surface area contributed by atoms with Crippen LogP contribution in [-0.2, 0) is 6.42 Å². The molecule has 2 heteroatoms. The van der Waals surface area contributed by atoms with Gasteiger partial charge in [-0.15, -0.1) is 0 Å². The van der Waals surface area contributed by atoms with E-state index in [2.05, 4.69) is 30.4 Å². The Labute approximate surface area is 91.6 Å². The lowest BCUT2D eigenvalue weighted by molar-refractivity contribution is 0.403. The third-order valence-corrected chi connectivity index (χ3v) is 3.14. The summed E-state index contributed by atoms with van der Waals surface area (Å²) in [7, 11) is 1.75. The molecule has 1 aliphatic heterocycles. The molecule has 2 nitrogen and oxygen atoms in total. The first-order valence-electron chi connectivity index (χ1n) is 5.75. The van der Waals surface area contributed by atoms with Gasteiger partial charge in [0, 0.05) is 11.6 Å². The number of hydrogen-bond acceptors (Lipinski definition) is 2. The van der Waals surface area contributed by atoms with Gasteiger partial charge in [-0.3, -0.25) is 0 Å². The minimum Gasteiger partial charge on any atom is -0.496 e. The standard InChI is InChI=1S/C13H19NO/c1-3-10-6-7-13(15-2)11(9-10)12-5-4-8-14-12/h6-7,9,12,14H,3-5,8H2,1-2H3. The molecule has 1 atom stereocenters. The molecule has 1 aliphatic rings. The Morgan fingerprint density at radius 2 is 2.33 bits per heavy atom. The third-order valence-electron chi connectivity index (χ3n) is 3.14. The highest BCUT2D eigenvalue weighted by Crippen LogP contribution is 2.31. The largest absolute Gasteiger partial charge is 0.496 e. The lowest BCUT2D eigenvalue weighted by Gasteiger charge is -2.16. The first-order chi connectivity index (χ1) is 7.35. The van der Waals surface area contributed by atoms with Crippen LogP contribution in [0.4, 0.5) is 0 Å². The summed E-state index contributed by atoms with van der Waals surface area (Å²) < 4.78 is 5.42. The van der Waals surface area contributed by atoms with Crippen LogP contribution in [0.2, 0.25) is 0 Å². The van der Waals surface area contributed by atoms with E-state index >= 15 is 0 Å². The molecule has 1 saturated heterocycles. The monoisotopic (exact) mass is 205 g/mol. The molecule has 1 fully saturated rings. The average Bonchev–Trinajstić information content (AvgIpc) is 2.81. The van der Waals surface area contributed by atoms with Gasteiger partial charge in [-0.1, -0.05) is 19.1 Å². The van der Waals surface area contributed by atoms with E-state index < -0.39 is 0 Å². The highest BCUT2D eigenvalue weighted by Gasteiger charge is 2.19. The van der Waals surface area contributed by atoms with Crippen molar-refractivity contribution >= 4 is 0 Å². The zero-order valence-electron chi connectivity index (χ0n) is 9.55.